The fourth-order valence-electron chi connectivity index (χ4n) is 0.659. The van der Waals surface area contributed by atoms with Crippen molar-refractivity contribution in [2.24, 2.45) is 7.05 Å². The second kappa shape index (κ2) is 2.39. The van der Waals surface area contributed by atoms with Crippen molar-refractivity contribution in [3.63, 3.8) is 0 Å². The Morgan fingerprint density at radius 3 is 2.30 bits per heavy atom. The van der Waals surface area contributed by atoms with Crippen molar-refractivity contribution in [3.8, 4) is 0 Å². The van der Waals surface area contributed by atoms with Crippen LogP contribution >= 0.6 is 0 Å². The van der Waals surface area contributed by atoms with Gasteiger partial charge in [-0.15, -0.1) is 5.10 Å². The Labute approximate surface area is 58.4 Å². The van der Waals surface area contributed by atoms with Gasteiger partial charge in [-0.1, -0.05) is 5.21 Å². The summed E-state index contributed by atoms with van der Waals surface area (Å²) in [5.41, 5.74) is 0.873. The molecule has 0 saturated carbocycles. The fraction of sp³-hybridized carbons (Fsp3) is 0.500. The number of hydrogen-bond donors (Lipinski definition) is 2. The molecule has 0 amide bonds. The summed E-state index contributed by atoms with van der Waals surface area (Å²) < 4.78 is 1.48. The van der Waals surface area contributed by atoms with E-state index >= 15 is 0 Å². The molecule has 0 aliphatic carbocycles. The lowest BCUT2D eigenvalue weighted by molar-refractivity contribution is 0.424. The van der Waals surface area contributed by atoms with E-state index in [4.69, 9.17) is 10.0 Å². The average Bonchev–Trinajstić information content (AvgIpc) is 2.14. The van der Waals surface area contributed by atoms with Crippen LogP contribution in [0.2, 0.25) is 0 Å². The molecule has 54 valence electrons. The van der Waals surface area contributed by atoms with Gasteiger partial charge in [0.2, 0.25) is 0 Å². The maximum Gasteiger partial charge on any atom is 0.512 e. The van der Waals surface area contributed by atoms with Crippen molar-refractivity contribution in [2.75, 3.05) is 0 Å². The highest BCUT2D eigenvalue weighted by Crippen LogP contribution is 1.86. The van der Waals surface area contributed by atoms with Gasteiger partial charge in [0.05, 0.1) is 5.69 Å². The molecule has 0 spiro atoms. The van der Waals surface area contributed by atoms with Crippen LogP contribution in [0.25, 0.3) is 0 Å². The van der Waals surface area contributed by atoms with E-state index in [1.807, 2.05) is 0 Å². The molecule has 0 radical (unpaired) electrons. The van der Waals surface area contributed by atoms with E-state index in [-0.39, 0.29) is 5.59 Å². The largest absolute Gasteiger partial charge is 0.512 e. The molecular weight excluding hydrogens is 133 g/mol. The van der Waals surface area contributed by atoms with Gasteiger partial charge in [-0.05, 0) is 6.92 Å². The lowest BCUT2D eigenvalue weighted by Gasteiger charge is -1.93. The van der Waals surface area contributed by atoms with Gasteiger partial charge in [-0.2, -0.15) is 0 Å². The third-order valence-electron chi connectivity index (χ3n) is 1.39. The molecule has 1 heterocycles. The predicted octanol–water partition coefficient (Wildman–Crippen LogP) is -2.20. The van der Waals surface area contributed by atoms with Gasteiger partial charge in [0.1, 0.15) is 5.59 Å². The quantitative estimate of drug-likeness (QED) is 0.435. The second-order valence-electron chi connectivity index (χ2n) is 2.06. The van der Waals surface area contributed by atoms with Gasteiger partial charge >= 0.3 is 7.12 Å². The average molecular weight is 141 g/mol. The zero-order valence-corrected chi connectivity index (χ0v) is 5.81. The summed E-state index contributed by atoms with van der Waals surface area (Å²) in [4.78, 5) is 0. The smallest absolute Gasteiger partial charge is 0.422 e. The molecule has 1 rings (SSSR count). The van der Waals surface area contributed by atoms with E-state index in [1.54, 1.807) is 14.0 Å². The first-order valence-corrected chi connectivity index (χ1v) is 2.85. The van der Waals surface area contributed by atoms with E-state index in [9.17, 15) is 0 Å². The van der Waals surface area contributed by atoms with Crippen molar-refractivity contribution in [3.05, 3.63) is 5.69 Å². The van der Waals surface area contributed by atoms with Gasteiger partial charge in [0.15, 0.2) is 0 Å². The highest BCUT2D eigenvalue weighted by Gasteiger charge is 2.18. The second-order valence-corrected chi connectivity index (χ2v) is 2.06. The third kappa shape index (κ3) is 1.03. The van der Waals surface area contributed by atoms with E-state index in [0.29, 0.717) is 5.69 Å². The topological polar surface area (TPSA) is 71.2 Å². The molecule has 1 aromatic heterocycles. The molecule has 0 bridgehead atoms. The Balaban J connectivity index is 3.05. The zero-order valence-electron chi connectivity index (χ0n) is 5.81. The molecule has 0 fully saturated rings. The predicted molar refractivity (Wildman–Crippen MR) is 35.6 cm³/mol. The van der Waals surface area contributed by atoms with E-state index in [2.05, 4.69) is 10.3 Å². The maximum atomic E-state index is 8.66. The lowest BCUT2D eigenvalue weighted by Crippen LogP contribution is -2.33. The highest BCUT2D eigenvalue weighted by atomic mass is 16.4. The van der Waals surface area contributed by atoms with Crippen LogP contribution in [-0.2, 0) is 7.05 Å². The van der Waals surface area contributed by atoms with Crippen molar-refractivity contribution >= 4 is 12.7 Å². The minimum Gasteiger partial charge on any atom is -0.422 e. The lowest BCUT2D eigenvalue weighted by atomic mass is 9.85. The monoisotopic (exact) mass is 141 g/mol. The molecule has 0 aliphatic heterocycles. The molecule has 0 aliphatic rings. The summed E-state index contributed by atoms with van der Waals surface area (Å²) >= 11 is 0. The molecule has 1 aromatic rings. The van der Waals surface area contributed by atoms with Gasteiger partial charge in [0.25, 0.3) is 0 Å². The van der Waals surface area contributed by atoms with Crippen LogP contribution in [0.5, 0.6) is 0 Å². The van der Waals surface area contributed by atoms with Crippen molar-refractivity contribution < 1.29 is 10.0 Å². The van der Waals surface area contributed by atoms with Crippen molar-refractivity contribution in [2.45, 2.75) is 6.92 Å². The summed E-state index contributed by atoms with van der Waals surface area (Å²) in [6, 6.07) is 0. The minimum absolute atomic E-state index is 0.211. The minimum atomic E-state index is -1.52. The molecule has 2 N–H and O–H groups in total. The van der Waals surface area contributed by atoms with Gasteiger partial charge in [-0.25, -0.2) is 0 Å². The van der Waals surface area contributed by atoms with Crippen LogP contribution in [0, 0.1) is 6.92 Å². The molecule has 0 aromatic carbocycles. The first kappa shape index (κ1) is 7.23. The summed E-state index contributed by atoms with van der Waals surface area (Å²) in [7, 11) is 0.169. The standard InChI is InChI=1S/C4H8BN3O2/c1-3-4(5(9)10)6-7-8(3)2/h9-10H,1-2H3. The number of aryl methyl sites for hydroxylation is 1. The fourth-order valence-corrected chi connectivity index (χ4v) is 0.659. The molecule has 5 nitrogen and oxygen atoms in total. The first-order chi connectivity index (χ1) is 4.63. The van der Waals surface area contributed by atoms with Crippen LogP contribution in [-0.4, -0.2) is 32.2 Å². The highest BCUT2D eigenvalue weighted by molar-refractivity contribution is 6.57. The molecular formula is C4H8BN3O2. The SMILES string of the molecule is Cc1c(B(O)O)nnn1C. The Morgan fingerprint density at radius 2 is 2.10 bits per heavy atom. The summed E-state index contributed by atoms with van der Waals surface area (Å²) in [5.74, 6) is 0. The van der Waals surface area contributed by atoms with Crippen LogP contribution in [0.3, 0.4) is 0 Å². The maximum absolute atomic E-state index is 8.66. The molecule has 0 saturated heterocycles. The van der Waals surface area contributed by atoms with Gasteiger partial charge in [0, 0.05) is 7.05 Å². The summed E-state index contributed by atoms with van der Waals surface area (Å²) in [5, 5.41) is 24.4. The van der Waals surface area contributed by atoms with Gasteiger partial charge < -0.3 is 10.0 Å². The van der Waals surface area contributed by atoms with Crippen LogP contribution in [0.15, 0.2) is 0 Å². The zero-order chi connectivity index (χ0) is 7.72. The Hall–Kier alpha value is -0.875. The Morgan fingerprint density at radius 1 is 1.50 bits per heavy atom. The number of hydrogen-bond acceptors (Lipinski definition) is 4. The molecule has 0 unspecified atom stereocenters. The number of aromatic nitrogens is 3. The molecule has 6 heteroatoms. The number of rotatable bonds is 1. The van der Waals surface area contributed by atoms with Crippen LogP contribution in [0.4, 0.5) is 0 Å². The van der Waals surface area contributed by atoms with E-state index in [0.717, 1.165) is 0 Å². The van der Waals surface area contributed by atoms with Crippen LogP contribution < -0.4 is 5.59 Å². The van der Waals surface area contributed by atoms with Crippen LogP contribution in [0.1, 0.15) is 5.69 Å². The molecule has 0 atom stereocenters. The van der Waals surface area contributed by atoms with Gasteiger partial charge in [-0.3, -0.25) is 4.68 Å². The number of nitrogens with zero attached hydrogens (tertiary/aromatic N) is 3. The van der Waals surface area contributed by atoms with Crippen molar-refractivity contribution in [1.82, 2.24) is 15.0 Å². The van der Waals surface area contributed by atoms with Crippen molar-refractivity contribution in [1.29, 1.82) is 0 Å². The molecule has 10 heavy (non-hydrogen) atoms. The summed E-state index contributed by atoms with van der Waals surface area (Å²) in [6.45, 7) is 1.72. The Kier molecular flexibility index (Phi) is 1.73. The Bertz CT molecular complexity index is 234. The normalized spacial score (nSPS) is 10.0. The first-order valence-electron chi connectivity index (χ1n) is 2.85. The third-order valence-corrected chi connectivity index (χ3v) is 1.39. The summed E-state index contributed by atoms with van der Waals surface area (Å²) in [6.07, 6.45) is 0. The van der Waals surface area contributed by atoms with E-state index in [1.165, 1.54) is 4.68 Å². The van der Waals surface area contributed by atoms with E-state index < -0.39 is 7.12 Å².